The molecule has 0 aliphatic heterocycles. The number of benzene rings is 2. The summed E-state index contributed by atoms with van der Waals surface area (Å²) >= 11 is 0. The highest BCUT2D eigenvalue weighted by Gasteiger charge is 2.50. The minimum atomic E-state index is -2.48. The molecule has 0 aromatic heterocycles. The third kappa shape index (κ3) is 4.98. The molecular weight excluding hydrogens is 476 g/mol. The number of hydrogen-bond acceptors (Lipinski definition) is 13. The number of phenolic OH excluding ortho intramolecular Hbond substituents is 5. The zero-order chi connectivity index (χ0) is 26.2. The second kappa shape index (κ2) is 9.17. The number of carbonyl (C=O) groups is 3. The van der Waals surface area contributed by atoms with Crippen LogP contribution in [-0.2, 0) is 9.53 Å². The Morgan fingerprint density at radius 3 is 1.80 bits per heavy atom. The minimum absolute atomic E-state index is 0.476. The van der Waals surface area contributed by atoms with Crippen molar-refractivity contribution in [2.75, 3.05) is 0 Å². The summed E-state index contributed by atoms with van der Waals surface area (Å²) in [6, 6.07) is 2.87. The quantitative estimate of drug-likeness (QED) is 0.141. The van der Waals surface area contributed by atoms with Crippen LogP contribution in [0.4, 0.5) is 0 Å². The van der Waals surface area contributed by atoms with Gasteiger partial charge < -0.3 is 55.4 Å². The Bertz CT molecular complexity index is 1140. The van der Waals surface area contributed by atoms with Crippen LogP contribution < -0.4 is 4.74 Å². The predicted molar refractivity (Wildman–Crippen MR) is 109 cm³/mol. The second-order valence-corrected chi connectivity index (χ2v) is 7.84. The van der Waals surface area contributed by atoms with E-state index in [9.17, 15) is 55.2 Å². The van der Waals surface area contributed by atoms with E-state index in [1.165, 1.54) is 0 Å². The number of rotatable bonds is 5. The molecule has 2 aromatic rings. The Labute approximate surface area is 195 Å². The number of ether oxygens (including phenoxy) is 2. The Morgan fingerprint density at radius 2 is 1.29 bits per heavy atom. The van der Waals surface area contributed by atoms with E-state index in [0.717, 1.165) is 12.1 Å². The van der Waals surface area contributed by atoms with E-state index in [0.29, 0.717) is 12.1 Å². The summed E-state index contributed by atoms with van der Waals surface area (Å²) in [6.07, 6.45) is -6.60. The summed E-state index contributed by atoms with van der Waals surface area (Å²) in [6.45, 7) is 0. The molecule has 35 heavy (non-hydrogen) atoms. The molecule has 1 aliphatic rings. The number of carboxylic acid groups (broad SMARTS) is 1. The van der Waals surface area contributed by atoms with Crippen LogP contribution in [0.25, 0.3) is 0 Å². The summed E-state index contributed by atoms with van der Waals surface area (Å²) in [7, 11) is 0. The van der Waals surface area contributed by atoms with E-state index in [1.54, 1.807) is 0 Å². The average Bonchev–Trinajstić information content (AvgIpc) is 2.77. The molecule has 1 aliphatic carbocycles. The number of esters is 2. The van der Waals surface area contributed by atoms with Gasteiger partial charge in [0, 0.05) is 12.8 Å². The van der Waals surface area contributed by atoms with Gasteiger partial charge in [0.1, 0.15) is 12.2 Å². The Morgan fingerprint density at radius 1 is 0.800 bits per heavy atom. The maximum absolute atomic E-state index is 12.5. The highest BCUT2D eigenvalue weighted by molar-refractivity contribution is 5.94. The van der Waals surface area contributed by atoms with Gasteiger partial charge in [-0.05, 0) is 24.3 Å². The highest BCUT2D eigenvalue weighted by atomic mass is 16.6. The van der Waals surface area contributed by atoms with Crippen LogP contribution in [0.15, 0.2) is 24.3 Å². The average molecular weight is 496 g/mol. The van der Waals surface area contributed by atoms with Crippen molar-refractivity contribution >= 4 is 17.9 Å². The number of carboxylic acids is 1. The minimum Gasteiger partial charge on any atom is -0.504 e. The molecule has 1 fully saturated rings. The van der Waals surface area contributed by atoms with Gasteiger partial charge >= 0.3 is 17.9 Å². The molecular formula is C21H20O14. The molecule has 0 heterocycles. The van der Waals surface area contributed by atoms with E-state index in [-0.39, 0.29) is 0 Å². The summed E-state index contributed by atoms with van der Waals surface area (Å²) in [5.74, 6) is -9.61. The zero-order valence-corrected chi connectivity index (χ0v) is 17.5. The smallest absolute Gasteiger partial charge is 0.344 e. The predicted octanol–water partition coefficient (Wildman–Crippen LogP) is -0.710. The summed E-state index contributed by atoms with van der Waals surface area (Å²) < 4.78 is 9.78. The van der Waals surface area contributed by atoms with Gasteiger partial charge in [0.2, 0.25) is 5.75 Å². The number of aliphatic hydroxyl groups is 3. The molecule has 0 saturated heterocycles. The van der Waals surface area contributed by atoms with Crippen LogP contribution in [0, 0.1) is 0 Å². The number of carbonyl (C=O) groups excluding carboxylic acids is 2. The van der Waals surface area contributed by atoms with Crippen molar-refractivity contribution in [1.29, 1.82) is 0 Å². The lowest BCUT2D eigenvalue weighted by molar-refractivity contribution is -0.187. The van der Waals surface area contributed by atoms with E-state index < -0.39 is 100 Å². The monoisotopic (exact) mass is 496 g/mol. The van der Waals surface area contributed by atoms with E-state index in [2.05, 4.69) is 0 Å². The van der Waals surface area contributed by atoms with Crippen molar-refractivity contribution in [3.05, 3.63) is 35.4 Å². The summed E-state index contributed by atoms with van der Waals surface area (Å²) in [5, 5.41) is 87.7. The van der Waals surface area contributed by atoms with Crippen LogP contribution >= 0.6 is 0 Å². The second-order valence-electron chi connectivity index (χ2n) is 7.84. The number of aliphatic carboxylic acids is 1. The molecule has 3 rings (SSSR count). The topological polar surface area (TPSA) is 252 Å². The Balaban J connectivity index is 1.80. The largest absolute Gasteiger partial charge is 0.504 e. The Kier molecular flexibility index (Phi) is 6.64. The van der Waals surface area contributed by atoms with Crippen molar-refractivity contribution in [2.24, 2.45) is 0 Å². The van der Waals surface area contributed by atoms with Crippen LogP contribution in [-0.4, -0.2) is 87.8 Å². The number of aromatic hydroxyl groups is 5. The first-order valence-electron chi connectivity index (χ1n) is 9.79. The molecule has 14 nitrogen and oxygen atoms in total. The number of phenols is 5. The molecule has 4 atom stereocenters. The molecule has 0 radical (unpaired) electrons. The maximum Gasteiger partial charge on any atom is 0.344 e. The van der Waals surface area contributed by atoms with Gasteiger partial charge in [-0.3, -0.25) is 0 Å². The van der Waals surface area contributed by atoms with E-state index in [4.69, 9.17) is 14.6 Å². The fourth-order valence-electron chi connectivity index (χ4n) is 3.44. The molecule has 14 heteroatoms. The van der Waals surface area contributed by atoms with Crippen molar-refractivity contribution in [1.82, 2.24) is 0 Å². The van der Waals surface area contributed by atoms with Crippen LogP contribution in [0.2, 0.25) is 0 Å². The standard InChI is InChI=1S/C21H20O14/c22-9-1-7(2-10(23)15(9)27)19(30)35-17-11(24)3-8(4-12(17)25)18(29)34-14-6-21(33,20(31)32)5-13(26)16(14)28/h1-4,13-14,16,22-28,33H,5-6H2,(H,31,32)/t13-,14-,16-,21+/m1/s1. The van der Waals surface area contributed by atoms with Crippen LogP contribution in [0.5, 0.6) is 34.5 Å². The lowest BCUT2D eigenvalue weighted by Crippen LogP contribution is -2.57. The van der Waals surface area contributed by atoms with Crippen LogP contribution in [0.1, 0.15) is 33.6 Å². The third-order valence-electron chi connectivity index (χ3n) is 5.30. The summed E-state index contributed by atoms with van der Waals surface area (Å²) in [5.41, 5.74) is -3.50. The van der Waals surface area contributed by atoms with Crippen molar-refractivity contribution in [2.45, 2.75) is 36.8 Å². The van der Waals surface area contributed by atoms with Crippen molar-refractivity contribution < 1.29 is 69.8 Å². The zero-order valence-electron chi connectivity index (χ0n) is 17.5. The fourth-order valence-corrected chi connectivity index (χ4v) is 3.44. The van der Waals surface area contributed by atoms with E-state index in [1.807, 2.05) is 0 Å². The molecule has 188 valence electrons. The van der Waals surface area contributed by atoms with Gasteiger partial charge in [-0.15, -0.1) is 0 Å². The highest BCUT2D eigenvalue weighted by Crippen LogP contribution is 2.40. The summed E-state index contributed by atoms with van der Waals surface area (Å²) in [4.78, 5) is 36.0. The first kappa shape index (κ1) is 25.4. The maximum atomic E-state index is 12.5. The van der Waals surface area contributed by atoms with Crippen molar-refractivity contribution in [3.63, 3.8) is 0 Å². The molecule has 0 bridgehead atoms. The molecule has 0 amide bonds. The van der Waals surface area contributed by atoms with Crippen LogP contribution in [0.3, 0.4) is 0 Å². The third-order valence-corrected chi connectivity index (χ3v) is 5.30. The SMILES string of the molecule is O=C(Oc1c(O)cc(C(=O)O[C@@H]2C[C@](O)(C(=O)O)C[C@@H](O)[C@H]2O)cc1O)c1cc(O)c(O)c(O)c1. The molecule has 9 N–H and O–H groups in total. The first-order chi connectivity index (χ1) is 16.2. The van der Waals surface area contributed by atoms with Gasteiger partial charge in [0.25, 0.3) is 0 Å². The van der Waals surface area contributed by atoms with Gasteiger partial charge in [0.05, 0.1) is 17.2 Å². The fraction of sp³-hybridized carbons (Fsp3) is 0.286. The first-order valence-corrected chi connectivity index (χ1v) is 9.79. The molecule has 1 saturated carbocycles. The van der Waals surface area contributed by atoms with Gasteiger partial charge in [0.15, 0.2) is 34.3 Å². The van der Waals surface area contributed by atoms with Gasteiger partial charge in [-0.1, -0.05) is 0 Å². The number of aliphatic hydroxyl groups excluding tert-OH is 2. The number of hydrogen-bond donors (Lipinski definition) is 9. The van der Waals surface area contributed by atoms with E-state index >= 15 is 0 Å². The molecule has 0 spiro atoms. The normalized spacial score (nSPS) is 23.9. The van der Waals surface area contributed by atoms with Gasteiger partial charge in [-0.2, -0.15) is 0 Å². The lowest BCUT2D eigenvalue weighted by atomic mass is 9.79. The Hall–Kier alpha value is -4.27. The lowest BCUT2D eigenvalue weighted by Gasteiger charge is -2.39. The van der Waals surface area contributed by atoms with Crippen molar-refractivity contribution in [3.8, 4) is 34.5 Å². The van der Waals surface area contributed by atoms with Gasteiger partial charge in [-0.25, -0.2) is 14.4 Å². The molecule has 0 unspecified atom stereocenters. The molecule has 2 aromatic carbocycles.